The Morgan fingerprint density at radius 3 is 2.90 bits per heavy atom. The fourth-order valence-electron chi connectivity index (χ4n) is 5.02. The monoisotopic (exact) mass is 427 g/mol. The van der Waals surface area contributed by atoms with Crippen LogP contribution >= 0.6 is 0 Å². The third-order valence-corrected chi connectivity index (χ3v) is 6.79. The van der Waals surface area contributed by atoms with Crippen LogP contribution in [0.2, 0.25) is 0 Å². The van der Waals surface area contributed by atoms with Crippen LogP contribution in [0.15, 0.2) is 24.4 Å². The number of amides is 2. The summed E-state index contributed by atoms with van der Waals surface area (Å²) in [6.07, 6.45) is 3.00. The first-order valence-electron chi connectivity index (χ1n) is 11.0. The van der Waals surface area contributed by atoms with E-state index >= 15 is 0 Å². The molecule has 2 aromatic rings. The van der Waals surface area contributed by atoms with Gasteiger partial charge in [0.15, 0.2) is 0 Å². The van der Waals surface area contributed by atoms with E-state index in [1.165, 1.54) is 16.5 Å². The average molecular weight is 428 g/mol. The molecular weight excluding hydrogens is 394 g/mol. The minimum atomic E-state index is -0.695. The summed E-state index contributed by atoms with van der Waals surface area (Å²) in [7, 11) is 3.27. The van der Waals surface area contributed by atoms with Crippen molar-refractivity contribution in [2.45, 2.75) is 50.4 Å². The van der Waals surface area contributed by atoms with Gasteiger partial charge in [0, 0.05) is 49.3 Å². The highest BCUT2D eigenvalue weighted by Gasteiger charge is 2.48. The van der Waals surface area contributed by atoms with Crippen molar-refractivity contribution in [2.24, 2.45) is 0 Å². The van der Waals surface area contributed by atoms with Crippen LogP contribution in [0.4, 0.5) is 0 Å². The number of methoxy groups -OCH3 is 1. The summed E-state index contributed by atoms with van der Waals surface area (Å²) < 4.78 is 5.27. The molecule has 5 atom stereocenters. The van der Waals surface area contributed by atoms with Crippen molar-refractivity contribution in [2.75, 3.05) is 33.9 Å². The van der Waals surface area contributed by atoms with Gasteiger partial charge < -0.3 is 30.6 Å². The van der Waals surface area contributed by atoms with Gasteiger partial charge in [-0.05, 0) is 44.5 Å². The Bertz CT molecular complexity index is 958. The number of carbonyl (C=O) groups is 2. The zero-order chi connectivity index (χ0) is 22.1. The summed E-state index contributed by atoms with van der Waals surface area (Å²) in [6.45, 7) is 5.52. The molecule has 1 aromatic carbocycles. The number of carbonyl (C=O) groups excluding carboxylic acids is 2. The third kappa shape index (κ3) is 4.07. The van der Waals surface area contributed by atoms with E-state index in [4.69, 9.17) is 4.74 Å². The zero-order valence-electron chi connectivity index (χ0n) is 18.7. The Balaban J connectivity index is 1.58. The standard InChI is InChI=1S/C23H33N5O3/c1-13-5-6-15-16(10-26-19(15)9-13)17-11-25-18-7-8-28(21(17)18)23(30)20(12-31-4)27-22(29)14(2)24-3/h5-6,9-10,14,17-18,20-21,24-26H,7-8,11-12H2,1-4H3,(H,27,29)/t14-,17+,18+,20-,21+/m0/s1. The molecule has 2 saturated heterocycles. The first-order valence-corrected chi connectivity index (χ1v) is 11.0. The molecule has 3 heterocycles. The minimum absolute atomic E-state index is 0.0609. The SMILES string of the molecule is CN[C@@H](C)C(=O)N[C@@H](COC)C(=O)N1CC[C@H]2NC[C@H](c3c[nH]c4cc(C)ccc34)[C@H]21. The van der Waals surface area contributed by atoms with Crippen LogP contribution in [0.1, 0.15) is 30.4 Å². The average Bonchev–Trinajstić information content (AvgIpc) is 3.46. The summed E-state index contributed by atoms with van der Waals surface area (Å²) >= 11 is 0. The molecule has 0 radical (unpaired) electrons. The molecule has 0 saturated carbocycles. The van der Waals surface area contributed by atoms with Crippen LogP contribution in [0, 0.1) is 6.92 Å². The van der Waals surface area contributed by atoms with E-state index in [2.05, 4.69) is 52.3 Å². The van der Waals surface area contributed by atoms with Crippen molar-refractivity contribution in [3.8, 4) is 0 Å². The predicted octanol–water partition coefficient (Wildman–Crippen LogP) is 0.872. The molecule has 31 heavy (non-hydrogen) atoms. The van der Waals surface area contributed by atoms with Crippen molar-refractivity contribution >= 4 is 22.7 Å². The Kier molecular flexibility index (Phi) is 6.31. The second-order valence-corrected chi connectivity index (χ2v) is 8.75. The summed E-state index contributed by atoms with van der Waals surface area (Å²) in [5, 5.41) is 10.6. The van der Waals surface area contributed by atoms with E-state index in [0.717, 1.165) is 18.5 Å². The topological polar surface area (TPSA) is 98.5 Å². The van der Waals surface area contributed by atoms with Gasteiger partial charge >= 0.3 is 0 Å². The van der Waals surface area contributed by atoms with Gasteiger partial charge in [-0.15, -0.1) is 0 Å². The van der Waals surface area contributed by atoms with Gasteiger partial charge in [0.05, 0.1) is 18.7 Å². The van der Waals surface area contributed by atoms with Crippen molar-refractivity contribution in [1.82, 2.24) is 25.8 Å². The normalized spacial score (nSPS) is 24.9. The fourth-order valence-corrected chi connectivity index (χ4v) is 5.02. The van der Waals surface area contributed by atoms with Crippen LogP contribution in [-0.2, 0) is 14.3 Å². The number of nitrogens with one attached hydrogen (secondary N) is 4. The number of H-pyrrole nitrogens is 1. The number of aromatic amines is 1. The van der Waals surface area contributed by atoms with Gasteiger partial charge in [-0.3, -0.25) is 9.59 Å². The second-order valence-electron chi connectivity index (χ2n) is 8.75. The van der Waals surface area contributed by atoms with E-state index in [0.29, 0.717) is 6.54 Å². The van der Waals surface area contributed by atoms with Gasteiger partial charge in [-0.25, -0.2) is 0 Å². The number of likely N-dealkylation sites (tertiary alicyclic amines) is 1. The number of ether oxygens (including phenoxy) is 1. The quantitative estimate of drug-likeness (QED) is 0.526. The molecule has 168 valence electrons. The molecule has 2 aliphatic rings. The lowest BCUT2D eigenvalue weighted by molar-refractivity contribution is -0.139. The maximum Gasteiger partial charge on any atom is 0.247 e. The van der Waals surface area contributed by atoms with E-state index < -0.39 is 6.04 Å². The highest BCUT2D eigenvalue weighted by molar-refractivity contribution is 5.90. The van der Waals surface area contributed by atoms with Crippen LogP contribution in [0.25, 0.3) is 10.9 Å². The maximum atomic E-state index is 13.5. The summed E-state index contributed by atoms with van der Waals surface area (Å²) in [5.41, 5.74) is 3.58. The molecule has 4 rings (SSSR count). The van der Waals surface area contributed by atoms with Crippen LogP contribution in [-0.4, -0.2) is 79.7 Å². The Morgan fingerprint density at radius 2 is 2.16 bits per heavy atom. The Morgan fingerprint density at radius 1 is 1.35 bits per heavy atom. The van der Waals surface area contributed by atoms with E-state index in [1.54, 1.807) is 21.1 Å². The molecule has 0 aliphatic carbocycles. The first kappa shape index (κ1) is 21.8. The molecule has 2 fully saturated rings. The highest BCUT2D eigenvalue weighted by Crippen LogP contribution is 2.39. The Hall–Kier alpha value is -2.42. The van der Waals surface area contributed by atoms with Gasteiger partial charge in [-0.2, -0.15) is 0 Å². The molecule has 0 spiro atoms. The van der Waals surface area contributed by atoms with Gasteiger partial charge in [0.1, 0.15) is 6.04 Å². The summed E-state index contributed by atoms with van der Waals surface area (Å²) in [5.74, 6) is -0.0832. The van der Waals surface area contributed by atoms with Crippen LogP contribution in [0.3, 0.4) is 0 Å². The van der Waals surface area contributed by atoms with Gasteiger partial charge in [-0.1, -0.05) is 12.1 Å². The minimum Gasteiger partial charge on any atom is -0.382 e. The summed E-state index contributed by atoms with van der Waals surface area (Å²) in [4.78, 5) is 31.3. The zero-order valence-corrected chi connectivity index (χ0v) is 18.7. The maximum absolute atomic E-state index is 13.5. The predicted molar refractivity (Wildman–Crippen MR) is 120 cm³/mol. The fraction of sp³-hybridized carbons (Fsp3) is 0.565. The van der Waals surface area contributed by atoms with Crippen molar-refractivity contribution in [3.05, 3.63) is 35.5 Å². The molecule has 8 nitrogen and oxygen atoms in total. The number of rotatable bonds is 7. The van der Waals surface area contributed by atoms with E-state index in [9.17, 15) is 9.59 Å². The number of nitrogens with zero attached hydrogens (tertiary/aromatic N) is 1. The lowest BCUT2D eigenvalue weighted by Gasteiger charge is -2.32. The number of likely N-dealkylation sites (N-methyl/N-ethyl adjacent to an activating group) is 1. The smallest absolute Gasteiger partial charge is 0.247 e. The molecule has 4 N–H and O–H groups in total. The Labute approximate surface area is 183 Å². The van der Waals surface area contributed by atoms with Crippen LogP contribution < -0.4 is 16.0 Å². The third-order valence-electron chi connectivity index (χ3n) is 6.79. The van der Waals surface area contributed by atoms with E-state index in [-0.39, 0.29) is 42.5 Å². The number of hydrogen-bond donors (Lipinski definition) is 4. The summed E-state index contributed by atoms with van der Waals surface area (Å²) in [6, 6.07) is 5.70. The number of aromatic nitrogens is 1. The molecule has 2 amide bonds. The molecule has 8 heteroatoms. The molecule has 0 unspecified atom stereocenters. The molecule has 0 bridgehead atoms. The molecule has 2 aliphatic heterocycles. The van der Waals surface area contributed by atoms with Crippen molar-refractivity contribution in [3.63, 3.8) is 0 Å². The van der Waals surface area contributed by atoms with Crippen LogP contribution in [0.5, 0.6) is 0 Å². The number of fused-ring (bicyclic) bond motifs is 2. The van der Waals surface area contributed by atoms with Crippen molar-refractivity contribution < 1.29 is 14.3 Å². The number of aryl methyl sites for hydroxylation is 1. The van der Waals surface area contributed by atoms with Gasteiger partial charge in [0.25, 0.3) is 0 Å². The molecule has 1 aromatic heterocycles. The van der Waals surface area contributed by atoms with E-state index in [1.807, 2.05) is 4.90 Å². The lowest BCUT2D eigenvalue weighted by Crippen LogP contribution is -2.56. The van der Waals surface area contributed by atoms with Crippen molar-refractivity contribution in [1.29, 1.82) is 0 Å². The first-order chi connectivity index (χ1) is 14.9. The largest absolute Gasteiger partial charge is 0.382 e. The van der Waals surface area contributed by atoms with Gasteiger partial charge in [0.2, 0.25) is 11.8 Å². The molecular formula is C23H33N5O3. The second kappa shape index (κ2) is 8.98. The lowest BCUT2D eigenvalue weighted by atomic mass is 9.91. The number of hydrogen-bond acceptors (Lipinski definition) is 5. The highest BCUT2D eigenvalue weighted by atomic mass is 16.5. The number of benzene rings is 1.